The zero-order valence-electron chi connectivity index (χ0n) is 15.9. The minimum Gasteiger partial charge on any atom is -0.477 e. The molecule has 1 aromatic carbocycles. The van der Waals surface area contributed by atoms with Gasteiger partial charge in [-0.3, -0.25) is 4.79 Å². The summed E-state index contributed by atoms with van der Waals surface area (Å²) >= 11 is 0. The average Bonchev–Trinajstić information content (AvgIpc) is 3.53. The molecule has 0 bridgehead atoms. The lowest BCUT2D eigenvalue weighted by Gasteiger charge is -2.14. The monoisotopic (exact) mass is 365 g/mol. The van der Waals surface area contributed by atoms with Crippen LogP contribution in [0.25, 0.3) is 11.4 Å². The lowest BCUT2D eigenvalue weighted by molar-refractivity contribution is -0.125. The summed E-state index contributed by atoms with van der Waals surface area (Å²) in [6.45, 7) is 3.37. The molecule has 0 radical (unpaired) electrons. The number of hydrogen-bond acceptors (Lipinski definition) is 4. The summed E-state index contributed by atoms with van der Waals surface area (Å²) in [5.41, 5.74) is 3.14. The first-order valence-electron chi connectivity index (χ1n) is 10.1. The Morgan fingerprint density at radius 3 is 2.63 bits per heavy atom. The Morgan fingerprint density at radius 2 is 1.89 bits per heavy atom. The van der Waals surface area contributed by atoms with Gasteiger partial charge in [-0.15, -0.1) is 0 Å². The SMILES string of the molecule is CCNC(=O)C1CCc2nc(-c3ccccc3)nc(OCC3CC3)c2CC1. The van der Waals surface area contributed by atoms with Gasteiger partial charge in [0.1, 0.15) is 0 Å². The van der Waals surface area contributed by atoms with Gasteiger partial charge >= 0.3 is 0 Å². The second kappa shape index (κ2) is 8.07. The molecule has 0 saturated heterocycles. The van der Waals surface area contributed by atoms with E-state index >= 15 is 0 Å². The van der Waals surface area contributed by atoms with E-state index < -0.39 is 0 Å². The third kappa shape index (κ3) is 4.29. The van der Waals surface area contributed by atoms with E-state index in [0.717, 1.165) is 60.8 Å². The molecule has 2 aliphatic rings. The molecule has 1 saturated carbocycles. The Labute approximate surface area is 160 Å². The van der Waals surface area contributed by atoms with Gasteiger partial charge in [0.15, 0.2) is 5.82 Å². The third-order valence-corrected chi connectivity index (χ3v) is 5.43. The summed E-state index contributed by atoms with van der Waals surface area (Å²) in [5.74, 6) is 2.31. The number of amides is 1. The first-order chi connectivity index (χ1) is 13.2. The highest BCUT2D eigenvalue weighted by molar-refractivity contribution is 5.78. The van der Waals surface area contributed by atoms with Crippen LogP contribution in [0.5, 0.6) is 5.88 Å². The minimum absolute atomic E-state index is 0.0376. The molecule has 0 aliphatic heterocycles. The fourth-order valence-electron chi connectivity index (χ4n) is 3.64. The maximum absolute atomic E-state index is 12.3. The van der Waals surface area contributed by atoms with E-state index in [4.69, 9.17) is 14.7 Å². The van der Waals surface area contributed by atoms with E-state index in [2.05, 4.69) is 5.32 Å². The van der Waals surface area contributed by atoms with E-state index in [9.17, 15) is 4.79 Å². The number of carbonyl (C=O) groups is 1. The Morgan fingerprint density at radius 1 is 1.11 bits per heavy atom. The number of nitrogens with one attached hydrogen (secondary N) is 1. The van der Waals surface area contributed by atoms with Crippen molar-refractivity contribution in [1.29, 1.82) is 0 Å². The van der Waals surface area contributed by atoms with Crippen molar-refractivity contribution in [3.8, 4) is 17.3 Å². The van der Waals surface area contributed by atoms with Crippen molar-refractivity contribution >= 4 is 5.91 Å². The molecular formula is C22H27N3O2. The van der Waals surface area contributed by atoms with E-state index in [0.29, 0.717) is 12.5 Å². The number of carbonyl (C=O) groups excluding carboxylic acids is 1. The minimum atomic E-state index is 0.0376. The molecule has 1 heterocycles. The van der Waals surface area contributed by atoms with Gasteiger partial charge in [-0.1, -0.05) is 30.3 Å². The third-order valence-electron chi connectivity index (χ3n) is 5.43. The molecule has 2 aliphatic carbocycles. The first-order valence-corrected chi connectivity index (χ1v) is 10.1. The summed E-state index contributed by atoms with van der Waals surface area (Å²) in [5, 5.41) is 2.96. The molecule has 1 unspecified atom stereocenters. The van der Waals surface area contributed by atoms with Gasteiger partial charge in [-0.2, -0.15) is 4.98 Å². The van der Waals surface area contributed by atoms with Crippen molar-refractivity contribution in [2.24, 2.45) is 11.8 Å². The summed E-state index contributed by atoms with van der Waals surface area (Å²) in [6.07, 6.45) is 5.74. The predicted octanol–water partition coefficient (Wildman–Crippen LogP) is 3.56. The van der Waals surface area contributed by atoms with Crippen LogP contribution < -0.4 is 10.1 Å². The van der Waals surface area contributed by atoms with Crippen molar-refractivity contribution in [1.82, 2.24) is 15.3 Å². The molecule has 142 valence electrons. The molecule has 5 nitrogen and oxygen atoms in total. The number of fused-ring (bicyclic) bond motifs is 1. The fourth-order valence-corrected chi connectivity index (χ4v) is 3.64. The number of benzene rings is 1. The quantitative estimate of drug-likeness (QED) is 0.795. The summed E-state index contributed by atoms with van der Waals surface area (Å²) in [4.78, 5) is 22.0. The van der Waals surface area contributed by atoms with Crippen molar-refractivity contribution in [2.75, 3.05) is 13.2 Å². The van der Waals surface area contributed by atoms with Crippen LogP contribution in [0.2, 0.25) is 0 Å². The molecular weight excluding hydrogens is 338 g/mol. The van der Waals surface area contributed by atoms with Gasteiger partial charge in [-0.25, -0.2) is 4.98 Å². The Kier molecular flexibility index (Phi) is 5.37. The average molecular weight is 365 g/mol. The van der Waals surface area contributed by atoms with Crippen LogP contribution in [0.3, 0.4) is 0 Å². The predicted molar refractivity (Wildman–Crippen MR) is 105 cm³/mol. The van der Waals surface area contributed by atoms with E-state index in [-0.39, 0.29) is 11.8 Å². The fraction of sp³-hybridized carbons (Fsp3) is 0.500. The van der Waals surface area contributed by atoms with E-state index in [1.54, 1.807) is 0 Å². The molecule has 1 aromatic heterocycles. The van der Waals surface area contributed by atoms with Crippen molar-refractivity contribution in [3.63, 3.8) is 0 Å². The zero-order chi connectivity index (χ0) is 18.6. The smallest absolute Gasteiger partial charge is 0.223 e. The number of rotatable bonds is 6. The first kappa shape index (κ1) is 18.0. The van der Waals surface area contributed by atoms with E-state index in [1.807, 2.05) is 37.3 Å². The maximum Gasteiger partial charge on any atom is 0.223 e. The van der Waals surface area contributed by atoms with E-state index in [1.165, 1.54) is 12.8 Å². The highest BCUT2D eigenvalue weighted by atomic mass is 16.5. The van der Waals surface area contributed by atoms with Crippen LogP contribution in [-0.4, -0.2) is 29.0 Å². The van der Waals surface area contributed by atoms with Crippen LogP contribution in [0.4, 0.5) is 0 Å². The van der Waals surface area contributed by atoms with Crippen molar-refractivity contribution in [3.05, 3.63) is 41.6 Å². The molecule has 1 atom stereocenters. The molecule has 1 amide bonds. The summed E-state index contributed by atoms with van der Waals surface area (Å²) < 4.78 is 6.14. The maximum atomic E-state index is 12.3. The van der Waals surface area contributed by atoms with Crippen LogP contribution in [0, 0.1) is 11.8 Å². The number of hydrogen-bond donors (Lipinski definition) is 1. The van der Waals surface area contributed by atoms with Gasteiger partial charge in [-0.05, 0) is 51.4 Å². The Hall–Kier alpha value is -2.43. The molecule has 27 heavy (non-hydrogen) atoms. The number of ether oxygens (including phenoxy) is 1. The second-order valence-electron chi connectivity index (χ2n) is 7.57. The number of nitrogens with zero attached hydrogens (tertiary/aromatic N) is 2. The molecule has 4 rings (SSSR count). The second-order valence-corrected chi connectivity index (χ2v) is 7.57. The van der Waals surface area contributed by atoms with Gasteiger partial charge in [0.25, 0.3) is 0 Å². The van der Waals surface area contributed by atoms with Crippen molar-refractivity contribution < 1.29 is 9.53 Å². The molecule has 2 aromatic rings. The molecule has 1 N–H and O–H groups in total. The zero-order valence-corrected chi connectivity index (χ0v) is 15.9. The molecule has 5 heteroatoms. The van der Waals surface area contributed by atoms with Gasteiger partial charge < -0.3 is 10.1 Å². The number of aromatic nitrogens is 2. The largest absolute Gasteiger partial charge is 0.477 e. The standard InChI is InChI=1S/C22H27N3O2/c1-2-23-21(26)17-10-12-18-19(13-11-17)24-20(16-6-4-3-5-7-16)25-22(18)27-14-15-8-9-15/h3-7,15,17H,2,8-14H2,1H3,(H,23,26). The summed E-state index contributed by atoms with van der Waals surface area (Å²) in [7, 11) is 0. The highest BCUT2D eigenvalue weighted by Gasteiger charge is 2.28. The lowest BCUT2D eigenvalue weighted by atomic mass is 9.99. The van der Waals surface area contributed by atoms with Crippen LogP contribution in [0.15, 0.2) is 30.3 Å². The van der Waals surface area contributed by atoms with Gasteiger partial charge in [0, 0.05) is 23.6 Å². The summed E-state index contributed by atoms with van der Waals surface area (Å²) in [6, 6.07) is 10.1. The van der Waals surface area contributed by atoms with Crippen LogP contribution >= 0.6 is 0 Å². The van der Waals surface area contributed by atoms with Crippen LogP contribution in [-0.2, 0) is 17.6 Å². The topological polar surface area (TPSA) is 64.1 Å². The Bertz CT molecular complexity index is 803. The van der Waals surface area contributed by atoms with Crippen LogP contribution in [0.1, 0.15) is 43.9 Å². The lowest BCUT2D eigenvalue weighted by Crippen LogP contribution is -2.30. The van der Waals surface area contributed by atoms with Gasteiger partial charge in [0.2, 0.25) is 11.8 Å². The molecule has 1 fully saturated rings. The highest BCUT2D eigenvalue weighted by Crippen LogP contribution is 2.34. The molecule has 0 spiro atoms. The van der Waals surface area contributed by atoms with Gasteiger partial charge in [0.05, 0.1) is 12.3 Å². The Balaban J connectivity index is 1.63. The number of aryl methyl sites for hydroxylation is 1. The van der Waals surface area contributed by atoms with Crippen molar-refractivity contribution in [2.45, 2.75) is 45.4 Å². The normalized spacial score (nSPS) is 19.1.